The minimum Gasteiger partial charge on any atom is -0.493 e. The molecule has 2 aliphatic rings. The van der Waals surface area contributed by atoms with Gasteiger partial charge in [0.15, 0.2) is 17.3 Å². The van der Waals surface area contributed by atoms with E-state index in [9.17, 15) is 4.79 Å². The van der Waals surface area contributed by atoms with Crippen LogP contribution in [0.5, 0.6) is 29.1 Å². The molecule has 1 amide bonds. The zero-order valence-corrected chi connectivity index (χ0v) is 19.7. The number of anilines is 2. The smallest absolute Gasteiger partial charge is 0.327 e. The molecule has 0 fully saturated rings. The molecule has 0 atom stereocenters. The van der Waals surface area contributed by atoms with Crippen LogP contribution in [0.3, 0.4) is 0 Å². The number of likely N-dealkylation sites (N-methyl/N-ethyl adjacent to an activating group) is 1. The van der Waals surface area contributed by atoms with Gasteiger partial charge >= 0.3 is 6.01 Å². The van der Waals surface area contributed by atoms with Gasteiger partial charge < -0.3 is 35.5 Å². The number of carbonyl (C=O) groups excluding carboxylic acids is 1. The molecule has 3 heterocycles. The summed E-state index contributed by atoms with van der Waals surface area (Å²) < 4.78 is 17.4. The molecule has 0 aliphatic carbocycles. The summed E-state index contributed by atoms with van der Waals surface area (Å²) >= 11 is 0. The van der Waals surface area contributed by atoms with Gasteiger partial charge in [-0.25, -0.2) is 0 Å². The second kappa shape index (κ2) is 9.41. The van der Waals surface area contributed by atoms with Crippen LogP contribution in [-0.2, 0) is 4.79 Å². The fourth-order valence-corrected chi connectivity index (χ4v) is 3.80. The number of nitrogens with two attached hydrogens (primary N) is 1. The van der Waals surface area contributed by atoms with Gasteiger partial charge in [0, 0.05) is 24.7 Å². The number of hydrogen-bond donors (Lipinski definition) is 4. The number of aromatic nitrogens is 2. The lowest BCUT2D eigenvalue weighted by Crippen LogP contribution is -2.28. The lowest BCUT2D eigenvalue weighted by molar-refractivity contribution is -0.114. The largest absolute Gasteiger partial charge is 0.493 e. The Balaban J connectivity index is 1.51. The van der Waals surface area contributed by atoms with E-state index in [1.165, 1.54) is 7.11 Å². The van der Waals surface area contributed by atoms with E-state index in [4.69, 9.17) is 25.4 Å². The molecule has 5 N–H and O–H groups in total. The van der Waals surface area contributed by atoms with Crippen molar-refractivity contribution in [3.05, 3.63) is 53.6 Å². The van der Waals surface area contributed by atoms with E-state index in [0.29, 0.717) is 22.9 Å². The quantitative estimate of drug-likeness (QED) is 0.289. The van der Waals surface area contributed by atoms with Gasteiger partial charge in [-0.3, -0.25) is 15.2 Å². The maximum Gasteiger partial charge on any atom is 0.327 e. The topological polar surface area (TPSA) is 160 Å². The molecule has 1 aromatic heterocycles. The molecule has 0 bridgehead atoms. The van der Waals surface area contributed by atoms with Crippen LogP contribution in [0.25, 0.3) is 0 Å². The van der Waals surface area contributed by atoms with Crippen molar-refractivity contribution < 1.29 is 19.0 Å². The van der Waals surface area contributed by atoms with Crippen molar-refractivity contribution in [3.63, 3.8) is 0 Å². The van der Waals surface area contributed by atoms with E-state index in [-0.39, 0.29) is 41.6 Å². The number of carbonyl (C=O) groups is 1. The number of benzene rings is 2. The summed E-state index contributed by atoms with van der Waals surface area (Å²) in [6.07, 6.45) is 0. The van der Waals surface area contributed by atoms with Crippen LogP contribution >= 0.6 is 0 Å². The molecule has 0 saturated heterocycles. The van der Waals surface area contributed by atoms with E-state index < -0.39 is 0 Å². The predicted octanol–water partition coefficient (Wildman–Crippen LogP) is 2.41. The summed E-state index contributed by atoms with van der Waals surface area (Å²) in [5.74, 6) is 2.00. The third-order valence-corrected chi connectivity index (χ3v) is 5.58. The highest BCUT2D eigenvalue weighted by Crippen LogP contribution is 2.40. The van der Waals surface area contributed by atoms with Gasteiger partial charge in [-0.1, -0.05) is 12.1 Å². The minimum absolute atomic E-state index is 0.00736. The number of nitrogen functional groups attached to an aromatic ring is 1. The van der Waals surface area contributed by atoms with Gasteiger partial charge in [0.05, 0.1) is 20.2 Å². The monoisotopic (exact) mass is 488 g/mol. The highest BCUT2D eigenvalue weighted by molar-refractivity contribution is 6.01. The van der Waals surface area contributed by atoms with Crippen molar-refractivity contribution in [1.82, 2.24) is 14.9 Å². The molecule has 2 aliphatic heterocycles. The van der Waals surface area contributed by atoms with E-state index >= 15 is 0 Å². The Morgan fingerprint density at radius 3 is 2.75 bits per heavy atom. The van der Waals surface area contributed by atoms with Crippen LogP contribution in [-0.4, -0.2) is 66.2 Å². The number of nitrogens with zero attached hydrogens (tertiary/aromatic N) is 4. The first-order valence-electron chi connectivity index (χ1n) is 11.1. The van der Waals surface area contributed by atoms with Crippen LogP contribution in [0.4, 0.5) is 11.5 Å². The molecular formula is C24H24N8O4. The van der Waals surface area contributed by atoms with E-state index in [0.717, 1.165) is 24.5 Å². The van der Waals surface area contributed by atoms with Crippen LogP contribution in [0.15, 0.2) is 47.5 Å². The van der Waals surface area contributed by atoms with E-state index in [1.807, 2.05) is 25.2 Å². The lowest BCUT2D eigenvalue weighted by Gasteiger charge is -2.21. The summed E-state index contributed by atoms with van der Waals surface area (Å²) in [6.45, 7) is 1.64. The Hall–Kier alpha value is -4.87. The average molecular weight is 489 g/mol. The summed E-state index contributed by atoms with van der Waals surface area (Å²) in [7, 11) is 3.48. The summed E-state index contributed by atoms with van der Waals surface area (Å²) in [4.78, 5) is 27.5. The van der Waals surface area contributed by atoms with Gasteiger partial charge in [-0.15, -0.1) is 0 Å². The van der Waals surface area contributed by atoms with E-state index in [1.54, 1.807) is 24.3 Å². The highest BCUT2D eigenvalue weighted by Gasteiger charge is 2.25. The van der Waals surface area contributed by atoms with Crippen molar-refractivity contribution in [2.45, 2.75) is 0 Å². The maximum atomic E-state index is 12.1. The number of amidine groups is 2. The van der Waals surface area contributed by atoms with E-state index in [2.05, 4.69) is 30.5 Å². The molecule has 36 heavy (non-hydrogen) atoms. The van der Waals surface area contributed by atoms with Gasteiger partial charge in [0.1, 0.15) is 23.1 Å². The SMILES string of the molecule is COc1ccc(C(=N)N)cc1Oc1nc(Oc2cccc(C3=NCCN3C)c2)nc2c1NC(=O)CN2. The highest BCUT2D eigenvalue weighted by atomic mass is 16.5. The molecule has 2 aromatic carbocycles. The Morgan fingerprint density at radius 1 is 1.14 bits per heavy atom. The number of methoxy groups -OCH3 is 1. The molecule has 0 unspecified atom stereocenters. The third kappa shape index (κ3) is 4.56. The van der Waals surface area contributed by atoms with Crippen LogP contribution in [0.2, 0.25) is 0 Å². The fourth-order valence-electron chi connectivity index (χ4n) is 3.80. The van der Waals surface area contributed by atoms with Crippen molar-refractivity contribution in [3.8, 4) is 29.1 Å². The first-order valence-corrected chi connectivity index (χ1v) is 11.1. The van der Waals surface area contributed by atoms with Gasteiger partial charge in [0.2, 0.25) is 5.91 Å². The number of ether oxygens (including phenoxy) is 3. The molecular weight excluding hydrogens is 464 g/mol. The molecule has 12 nitrogen and oxygen atoms in total. The Labute approximate surface area is 206 Å². The Bertz CT molecular complexity index is 1390. The standard InChI is InChI=1S/C24H24N8O4/c1-32-9-8-27-22(32)14-4-3-5-15(10-14)35-24-30-21-19(29-18(33)12-28-21)23(31-24)36-17-11-13(20(25)26)6-7-16(17)34-2/h3-7,10-11H,8-9,12H2,1-2H3,(H3,25,26)(H,29,33)(H,28,30,31). The minimum atomic E-state index is -0.275. The first kappa shape index (κ1) is 22.9. The normalized spacial score (nSPS) is 14.3. The Morgan fingerprint density at radius 2 is 2.00 bits per heavy atom. The van der Waals surface area contributed by atoms with Gasteiger partial charge in [-0.05, 0) is 30.3 Å². The maximum absolute atomic E-state index is 12.1. The Kier molecular flexibility index (Phi) is 5.98. The number of fused-ring (bicyclic) bond motifs is 1. The first-order chi connectivity index (χ1) is 17.4. The molecule has 12 heteroatoms. The van der Waals surface area contributed by atoms with Crippen molar-refractivity contribution in [2.75, 3.05) is 44.4 Å². The summed E-state index contributed by atoms with van der Waals surface area (Å²) in [5, 5.41) is 13.4. The third-order valence-electron chi connectivity index (χ3n) is 5.58. The molecule has 5 rings (SSSR count). The predicted molar refractivity (Wildman–Crippen MR) is 134 cm³/mol. The number of nitrogens with one attached hydrogen (secondary N) is 3. The second-order valence-electron chi connectivity index (χ2n) is 8.07. The van der Waals surface area contributed by atoms with Crippen molar-refractivity contribution in [2.24, 2.45) is 10.7 Å². The number of aliphatic imine (C=N–C) groups is 1. The van der Waals surface area contributed by atoms with Crippen molar-refractivity contribution in [1.29, 1.82) is 5.41 Å². The average Bonchev–Trinajstić information content (AvgIpc) is 3.30. The molecule has 0 spiro atoms. The number of amides is 1. The van der Waals surface area contributed by atoms with Crippen molar-refractivity contribution >= 4 is 29.1 Å². The number of rotatable bonds is 7. The summed E-state index contributed by atoms with van der Waals surface area (Å²) in [5.41, 5.74) is 7.24. The zero-order chi connectivity index (χ0) is 25.2. The van der Waals surface area contributed by atoms with Crippen LogP contribution in [0, 0.1) is 5.41 Å². The zero-order valence-electron chi connectivity index (χ0n) is 19.7. The molecule has 184 valence electrons. The molecule has 0 radical (unpaired) electrons. The van der Waals surface area contributed by atoms with Gasteiger partial charge in [0.25, 0.3) is 5.88 Å². The van der Waals surface area contributed by atoms with Gasteiger partial charge in [-0.2, -0.15) is 9.97 Å². The lowest BCUT2D eigenvalue weighted by atomic mass is 10.2. The fraction of sp³-hybridized carbons (Fsp3) is 0.208. The number of hydrogen-bond acceptors (Lipinski definition) is 10. The van der Waals surface area contributed by atoms with Crippen LogP contribution < -0.4 is 30.6 Å². The second-order valence-corrected chi connectivity index (χ2v) is 8.07. The molecule has 3 aromatic rings. The molecule has 0 saturated carbocycles. The summed E-state index contributed by atoms with van der Waals surface area (Å²) in [6, 6.07) is 12.3. The van der Waals surface area contributed by atoms with Crippen LogP contribution in [0.1, 0.15) is 11.1 Å².